The largest absolute Gasteiger partial charge is 0.489 e. The minimum atomic E-state index is -0.550. The topological polar surface area (TPSA) is 62.1 Å². The van der Waals surface area contributed by atoms with Crippen LogP contribution in [0.1, 0.15) is 11.1 Å². The molecule has 0 radical (unpaired) electrons. The molecule has 0 atom stereocenters. The van der Waals surface area contributed by atoms with Crippen molar-refractivity contribution >= 4 is 56.8 Å². The number of anilines is 1. The lowest BCUT2D eigenvalue weighted by Gasteiger charge is -2.07. The van der Waals surface area contributed by atoms with Crippen LogP contribution in [0.15, 0.2) is 76.8 Å². The molecule has 0 fully saturated rings. The van der Waals surface area contributed by atoms with E-state index in [4.69, 9.17) is 27.9 Å². The van der Waals surface area contributed by atoms with Crippen LogP contribution in [0.5, 0.6) is 5.75 Å². The number of nitrogens with one attached hydrogen (secondary N) is 1. The quantitative estimate of drug-likeness (QED) is 0.295. The zero-order valence-electron chi connectivity index (χ0n) is 15.5. The highest BCUT2D eigenvalue weighted by Gasteiger charge is 2.10. The van der Waals surface area contributed by atoms with Crippen molar-refractivity contribution in [1.82, 2.24) is 0 Å². The molecule has 0 aliphatic heterocycles. The molecule has 0 saturated heterocycles. The fourth-order valence-corrected chi connectivity index (χ4v) is 3.34. The van der Waals surface area contributed by atoms with Gasteiger partial charge in [0, 0.05) is 20.2 Å². The van der Waals surface area contributed by atoms with Gasteiger partial charge in [0.1, 0.15) is 24.0 Å². The first-order chi connectivity index (χ1) is 14.4. The highest BCUT2D eigenvalue weighted by Crippen LogP contribution is 2.23. The molecule has 3 aromatic rings. The lowest BCUT2D eigenvalue weighted by Crippen LogP contribution is -2.13. The van der Waals surface area contributed by atoms with Gasteiger partial charge in [0.05, 0.1) is 0 Å². The number of hydrogen-bond acceptors (Lipinski definition) is 3. The molecule has 0 unspecified atom stereocenters. The van der Waals surface area contributed by atoms with Gasteiger partial charge in [0.15, 0.2) is 0 Å². The number of hydrogen-bond donors (Lipinski definition) is 1. The van der Waals surface area contributed by atoms with Crippen LogP contribution in [0.2, 0.25) is 10.0 Å². The van der Waals surface area contributed by atoms with E-state index in [-0.39, 0.29) is 5.57 Å². The Balaban J connectivity index is 1.65. The van der Waals surface area contributed by atoms with Crippen LogP contribution >= 0.6 is 39.1 Å². The van der Waals surface area contributed by atoms with Crippen molar-refractivity contribution in [1.29, 1.82) is 5.26 Å². The van der Waals surface area contributed by atoms with Gasteiger partial charge in [-0.05, 0) is 59.7 Å². The zero-order chi connectivity index (χ0) is 21.5. The highest BCUT2D eigenvalue weighted by atomic mass is 79.9. The van der Waals surface area contributed by atoms with Crippen molar-refractivity contribution in [2.75, 3.05) is 5.32 Å². The standard InChI is InChI=1S/C23H15BrCl2N2O2/c24-18-5-1-16(2-6-18)14-30-22-7-3-15(4-8-22)9-17(13-27)23(29)28-21-11-19(25)10-20(26)12-21/h1-12H,14H2,(H,28,29). The molecule has 0 aromatic heterocycles. The Morgan fingerprint density at radius 2 is 1.67 bits per heavy atom. The highest BCUT2D eigenvalue weighted by molar-refractivity contribution is 9.10. The van der Waals surface area contributed by atoms with Crippen molar-refractivity contribution in [3.05, 3.63) is 97.9 Å². The van der Waals surface area contributed by atoms with Crippen LogP contribution in [-0.4, -0.2) is 5.91 Å². The van der Waals surface area contributed by atoms with Gasteiger partial charge in [-0.25, -0.2) is 0 Å². The van der Waals surface area contributed by atoms with Crippen molar-refractivity contribution in [3.8, 4) is 11.8 Å². The van der Waals surface area contributed by atoms with E-state index in [1.165, 1.54) is 6.08 Å². The van der Waals surface area contributed by atoms with E-state index < -0.39 is 5.91 Å². The normalized spacial score (nSPS) is 10.9. The van der Waals surface area contributed by atoms with Gasteiger partial charge in [-0.15, -0.1) is 0 Å². The third-order valence-electron chi connectivity index (χ3n) is 4.00. The van der Waals surface area contributed by atoms with E-state index >= 15 is 0 Å². The lowest BCUT2D eigenvalue weighted by atomic mass is 10.1. The Labute approximate surface area is 192 Å². The molecule has 150 valence electrons. The van der Waals surface area contributed by atoms with E-state index in [9.17, 15) is 10.1 Å². The van der Waals surface area contributed by atoms with Gasteiger partial charge in [0.2, 0.25) is 0 Å². The minimum Gasteiger partial charge on any atom is -0.489 e. The van der Waals surface area contributed by atoms with Crippen LogP contribution in [0.3, 0.4) is 0 Å². The molecule has 3 rings (SSSR count). The molecule has 0 heterocycles. The van der Waals surface area contributed by atoms with Gasteiger partial charge in [0.25, 0.3) is 5.91 Å². The number of ether oxygens (including phenoxy) is 1. The van der Waals surface area contributed by atoms with E-state index in [2.05, 4.69) is 21.2 Å². The summed E-state index contributed by atoms with van der Waals surface area (Å²) in [6, 6.07) is 21.6. The second-order valence-electron chi connectivity index (χ2n) is 6.27. The number of nitriles is 1. The second-order valence-corrected chi connectivity index (χ2v) is 8.05. The van der Waals surface area contributed by atoms with Gasteiger partial charge in [-0.1, -0.05) is 63.4 Å². The third kappa shape index (κ3) is 6.36. The van der Waals surface area contributed by atoms with Crippen molar-refractivity contribution < 1.29 is 9.53 Å². The predicted octanol–water partition coefficient (Wildman–Crippen LogP) is 6.88. The monoisotopic (exact) mass is 500 g/mol. The molecule has 3 aromatic carbocycles. The van der Waals surface area contributed by atoms with E-state index in [0.717, 1.165) is 10.0 Å². The predicted molar refractivity (Wildman–Crippen MR) is 124 cm³/mol. The van der Waals surface area contributed by atoms with Gasteiger partial charge in [-0.2, -0.15) is 5.26 Å². The van der Waals surface area contributed by atoms with Crippen LogP contribution in [0.25, 0.3) is 6.08 Å². The number of halogens is 3. The number of nitrogens with zero attached hydrogens (tertiary/aromatic N) is 1. The number of carbonyl (C=O) groups is 1. The fourth-order valence-electron chi connectivity index (χ4n) is 2.55. The SMILES string of the molecule is N#CC(=Cc1ccc(OCc2ccc(Br)cc2)cc1)C(=O)Nc1cc(Cl)cc(Cl)c1. The third-order valence-corrected chi connectivity index (χ3v) is 4.96. The molecule has 7 heteroatoms. The molecule has 1 amide bonds. The molecular formula is C23H15BrCl2N2O2. The van der Waals surface area contributed by atoms with Gasteiger partial charge < -0.3 is 10.1 Å². The molecule has 0 aliphatic rings. The molecule has 0 spiro atoms. The summed E-state index contributed by atoms with van der Waals surface area (Å²) in [5, 5.41) is 12.8. The number of rotatable bonds is 6. The first-order valence-electron chi connectivity index (χ1n) is 8.79. The average molecular weight is 502 g/mol. The Bertz CT molecular complexity index is 1100. The van der Waals surface area contributed by atoms with Crippen LogP contribution in [0.4, 0.5) is 5.69 Å². The molecule has 0 saturated carbocycles. The summed E-state index contributed by atoms with van der Waals surface area (Å²) in [7, 11) is 0. The van der Waals surface area contributed by atoms with Gasteiger partial charge >= 0.3 is 0 Å². The first-order valence-corrected chi connectivity index (χ1v) is 10.3. The molecule has 0 aliphatic carbocycles. The zero-order valence-corrected chi connectivity index (χ0v) is 18.6. The van der Waals surface area contributed by atoms with Crippen molar-refractivity contribution in [3.63, 3.8) is 0 Å². The lowest BCUT2D eigenvalue weighted by molar-refractivity contribution is -0.112. The molecule has 4 nitrogen and oxygen atoms in total. The number of benzene rings is 3. The summed E-state index contributed by atoms with van der Waals surface area (Å²) in [5.74, 6) is 0.137. The smallest absolute Gasteiger partial charge is 0.266 e. The van der Waals surface area contributed by atoms with E-state index in [0.29, 0.717) is 33.7 Å². The summed E-state index contributed by atoms with van der Waals surface area (Å²) < 4.78 is 6.77. The van der Waals surface area contributed by atoms with Crippen LogP contribution < -0.4 is 10.1 Å². The second kappa shape index (κ2) is 10.3. The average Bonchev–Trinajstić information content (AvgIpc) is 2.71. The Morgan fingerprint density at radius 1 is 1.03 bits per heavy atom. The van der Waals surface area contributed by atoms with Crippen LogP contribution in [0, 0.1) is 11.3 Å². The molecular weight excluding hydrogens is 487 g/mol. The maximum Gasteiger partial charge on any atom is 0.266 e. The van der Waals surface area contributed by atoms with E-state index in [1.807, 2.05) is 30.3 Å². The Morgan fingerprint density at radius 3 is 2.27 bits per heavy atom. The molecule has 0 bridgehead atoms. The summed E-state index contributed by atoms with van der Waals surface area (Å²) in [6.07, 6.45) is 1.50. The first kappa shape index (κ1) is 21.9. The Hall–Kier alpha value is -2.78. The van der Waals surface area contributed by atoms with Gasteiger partial charge in [-0.3, -0.25) is 4.79 Å². The number of amides is 1. The maximum atomic E-state index is 12.4. The fraction of sp³-hybridized carbons (Fsp3) is 0.0435. The summed E-state index contributed by atoms with van der Waals surface area (Å²) in [6.45, 7) is 0.441. The number of carbonyl (C=O) groups excluding carboxylic acids is 1. The van der Waals surface area contributed by atoms with Crippen molar-refractivity contribution in [2.45, 2.75) is 6.61 Å². The maximum absolute atomic E-state index is 12.4. The van der Waals surface area contributed by atoms with Crippen molar-refractivity contribution in [2.24, 2.45) is 0 Å². The van der Waals surface area contributed by atoms with E-state index in [1.54, 1.807) is 42.5 Å². The summed E-state index contributed by atoms with van der Waals surface area (Å²) in [5.41, 5.74) is 2.11. The minimum absolute atomic E-state index is 0.0466. The molecule has 1 N–H and O–H groups in total. The Kier molecular flexibility index (Phi) is 7.53. The van der Waals surface area contributed by atoms with Crippen LogP contribution in [-0.2, 0) is 11.4 Å². The summed E-state index contributed by atoms with van der Waals surface area (Å²) in [4.78, 5) is 12.4. The summed E-state index contributed by atoms with van der Waals surface area (Å²) >= 11 is 15.3. The molecule has 30 heavy (non-hydrogen) atoms.